The van der Waals surface area contributed by atoms with Gasteiger partial charge < -0.3 is 10.0 Å². The second-order valence-corrected chi connectivity index (χ2v) is 6.72. The van der Waals surface area contributed by atoms with Gasteiger partial charge in [0.2, 0.25) is 0 Å². The maximum absolute atomic E-state index is 9.80. The Morgan fingerprint density at radius 3 is 2.85 bits per heavy atom. The number of aromatic nitrogens is 5. The molecule has 0 bridgehead atoms. The van der Waals surface area contributed by atoms with Gasteiger partial charge in [-0.2, -0.15) is 5.10 Å². The van der Waals surface area contributed by atoms with Crippen molar-refractivity contribution in [1.29, 1.82) is 0 Å². The number of anilines is 1. The Morgan fingerprint density at radius 2 is 2.04 bits per heavy atom. The second kappa shape index (κ2) is 6.44. The van der Waals surface area contributed by atoms with E-state index in [2.05, 4.69) is 30.0 Å². The molecule has 4 aromatic heterocycles. The van der Waals surface area contributed by atoms with Gasteiger partial charge >= 0.3 is 0 Å². The van der Waals surface area contributed by atoms with E-state index in [0.717, 1.165) is 52.2 Å². The normalized spacial score (nSPS) is 16.9. The number of nitrogens with one attached hydrogen (secondary N) is 1. The molecule has 1 atom stereocenters. The van der Waals surface area contributed by atoms with Gasteiger partial charge in [-0.15, -0.1) is 0 Å². The topological polar surface area (TPSA) is 90.8 Å². The predicted molar refractivity (Wildman–Crippen MR) is 103 cm³/mol. The van der Waals surface area contributed by atoms with Crippen molar-refractivity contribution in [3.05, 3.63) is 55.1 Å². The number of hydrogen-bond acceptors (Lipinski definition) is 6. The molecule has 1 fully saturated rings. The van der Waals surface area contributed by atoms with Crippen LogP contribution in [0.5, 0.6) is 0 Å². The minimum Gasteiger partial charge on any atom is -0.391 e. The maximum atomic E-state index is 9.80. The van der Waals surface area contributed by atoms with E-state index in [1.807, 2.05) is 30.3 Å². The van der Waals surface area contributed by atoms with Gasteiger partial charge in [0, 0.05) is 48.2 Å². The van der Waals surface area contributed by atoms with E-state index in [1.165, 1.54) is 0 Å². The van der Waals surface area contributed by atoms with E-state index < -0.39 is 0 Å². The number of hydrogen-bond donors (Lipinski definition) is 2. The van der Waals surface area contributed by atoms with Gasteiger partial charge in [0.05, 0.1) is 23.5 Å². The number of aromatic amines is 1. The van der Waals surface area contributed by atoms with Crippen molar-refractivity contribution in [2.45, 2.75) is 12.5 Å². The third-order valence-corrected chi connectivity index (χ3v) is 4.91. The molecule has 5 rings (SSSR count). The van der Waals surface area contributed by atoms with Gasteiger partial charge in [0.1, 0.15) is 11.5 Å². The maximum Gasteiger partial charge on any atom is 0.129 e. The predicted octanol–water partition coefficient (Wildman–Crippen LogP) is 2.65. The van der Waals surface area contributed by atoms with E-state index in [1.54, 1.807) is 24.8 Å². The standard InChI is InChI=1S/C20H18N6O/c27-15-4-7-26(12-15)19-8-13(3-6-22-19)20-16-9-17(14-2-1-5-21-10-14)23-11-18(16)24-25-20/h1-3,5-6,8-11,15,27H,4,7,12H2,(H,24,25). The van der Waals surface area contributed by atoms with Crippen LogP contribution in [0.25, 0.3) is 33.4 Å². The average molecular weight is 358 g/mol. The SMILES string of the molecule is OC1CCN(c2cc(-c3n[nH]c4cnc(-c5cccnc5)cc34)ccn2)C1. The highest BCUT2D eigenvalue weighted by atomic mass is 16.3. The molecule has 27 heavy (non-hydrogen) atoms. The van der Waals surface area contributed by atoms with Crippen LogP contribution < -0.4 is 4.90 Å². The average Bonchev–Trinajstić information content (AvgIpc) is 3.34. The van der Waals surface area contributed by atoms with Gasteiger partial charge in [-0.3, -0.25) is 15.1 Å². The Balaban J connectivity index is 1.57. The first-order chi connectivity index (χ1) is 13.3. The van der Waals surface area contributed by atoms with Crippen LogP contribution in [0.1, 0.15) is 6.42 Å². The van der Waals surface area contributed by atoms with Crippen LogP contribution in [0.4, 0.5) is 5.82 Å². The van der Waals surface area contributed by atoms with Gasteiger partial charge in [-0.1, -0.05) is 0 Å². The van der Waals surface area contributed by atoms with Crippen LogP contribution in [0, 0.1) is 0 Å². The lowest BCUT2D eigenvalue weighted by Crippen LogP contribution is -2.22. The number of aliphatic hydroxyl groups excluding tert-OH is 1. The summed E-state index contributed by atoms with van der Waals surface area (Å²) in [5, 5.41) is 18.4. The largest absolute Gasteiger partial charge is 0.391 e. The first-order valence-electron chi connectivity index (χ1n) is 8.92. The molecule has 5 heterocycles. The van der Waals surface area contributed by atoms with E-state index in [4.69, 9.17) is 0 Å². The molecule has 1 aliphatic rings. The summed E-state index contributed by atoms with van der Waals surface area (Å²) in [6.45, 7) is 1.43. The summed E-state index contributed by atoms with van der Waals surface area (Å²) in [6.07, 6.45) is 7.63. The van der Waals surface area contributed by atoms with Crippen LogP contribution >= 0.6 is 0 Å². The number of nitrogens with zero attached hydrogens (tertiary/aromatic N) is 5. The summed E-state index contributed by atoms with van der Waals surface area (Å²) in [5.74, 6) is 0.863. The summed E-state index contributed by atoms with van der Waals surface area (Å²) < 4.78 is 0. The van der Waals surface area contributed by atoms with Crippen molar-refractivity contribution < 1.29 is 5.11 Å². The molecule has 0 radical (unpaired) electrons. The van der Waals surface area contributed by atoms with Gasteiger partial charge in [0.25, 0.3) is 0 Å². The molecule has 0 saturated carbocycles. The second-order valence-electron chi connectivity index (χ2n) is 6.72. The highest BCUT2D eigenvalue weighted by Crippen LogP contribution is 2.30. The Morgan fingerprint density at radius 1 is 1.07 bits per heavy atom. The fourth-order valence-electron chi connectivity index (χ4n) is 3.50. The van der Waals surface area contributed by atoms with Crippen LogP contribution in [-0.4, -0.2) is 49.4 Å². The van der Waals surface area contributed by atoms with Crippen molar-refractivity contribution in [1.82, 2.24) is 25.1 Å². The molecule has 1 aliphatic heterocycles. The molecular weight excluding hydrogens is 340 g/mol. The summed E-state index contributed by atoms with van der Waals surface area (Å²) >= 11 is 0. The van der Waals surface area contributed by atoms with Crippen LogP contribution in [0.15, 0.2) is 55.1 Å². The lowest BCUT2D eigenvalue weighted by atomic mass is 10.1. The van der Waals surface area contributed by atoms with Crippen LogP contribution in [0.3, 0.4) is 0 Å². The molecule has 0 aliphatic carbocycles. The molecule has 1 saturated heterocycles. The highest BCUT2D eigenvalue weighted by Gasteiger charge is 2.22. The first kappa shape index (κ1) is 15.9. The third-order valence-electron chi connectivity index (χ3n) is 4.91. The van der Waals surface area contributed by atoms with E-state index >= 15 is 0 Å². The minimum atomic E-state index is -0.283. The number of pyridine rings is 3. The summed E-state index contributed by atoms with van der Waals surface area (Å²) in [5.41, 5.74) is 4.55. The molecule has 0 spiro atoms. The first-order valence-corrected chi connectivity index (χ1v) is 8.92. The highest BCUT2D eigenvalue weighted by molar-refractivity contribution is 5.94. The quantitative estimate of drug-likeness (QED) is 0.585. The molecule has 1 unspecified atom stereocenters. The molecule has 2 N–H and O–H groups in total. The minimum absolute atomic E-state index is 0.283. The number of aliphatic hydroxyl groups is 1. The summed E-state index contributed by atoms with van der Waals surface area (Å²) in [6, 6.07) is 9.90. The summed E-state index contributed by atoms with van der Waals surface area (Å²) in [4.78, 5) is 15.3. The Kier molecular flexibility index (Phi) is 3.79. The molecule has 4 aromatic rings. The van der Waals surface area contributed by atoms with E-state index in [0.29, 0.717) is 6.54 Å². The Hall–Kier alpha value is -3.32. The molecule has 0 amide bonds. The number of fused-ring (bicyclic) bond motifs is 1. The number of rotatable bonds is 3. The van der Waals surface area contributed by atoms with Crippen molar-refractivity contribution in [3.8, 4) is 22.5 Å². The molecule has 134 valence electrons. The zero-order chi connectivity index (χ0) is 18.2. The lowest BCUT2D eigenvalue weighted by Gasteiger charge is -2.16. The van der Waals surface area contributed by atoms with Crippen molar-refractivity contribution in [2.24, 2.45) is 0 Å². The lowest BCUT2D eigenvalue weighted by molar-refractivity contribution is 0.198. The zero-order valence-corrected chi connectivity index (χ0v) is 14.6. The molecular formula is C20H18N6O. The van der Waals surface area contributed by atoms with E-state index in [-0.39, 0.29) is 6.10 Å². The van der Waals surface area contributed by atoms with Crippen molar-refractivity contribution in [2.75, 3.05) is 18.0 Å². The van der Waals surface area contributed by atoms with Crippen molar-refractivity contribution in [3.63, 3.8) is 0 Å². The van der Waals surface area contributed by atoms with Gasteiger partial charge in [-0.05, 0) is 36.8 Å². The Bertz CT molecular complexity index is 1090. The fourth-order valence-corrected chi connectivity index (χ4v) is 3.50. The van der Waals surface area contributed by atoms with E-state index in [9.17, 15) is 5.11 Å². The Labute approximate surface area is 155 Å². The third kappa shape index (κ3) is 2.92. The zero-order valence-electron chi connectivity index (χ0n) is 14.6. The summed E-state index contributed by atoms with van der Waals surface area (Å²) in [7, 11) is 0. The number of β-amino-alcohol motifs (C(OH)–C–C–N with tert-alkyl or cyclic N) is 1. The molecule has 7 heteroatoms. The number of H-pyrrole nitrogens is 1. The molecule has 0 aromatic carbocycles. The smallest absolute Gasteiger partial charge is 0.129 e. The van der Waals surface area contributed by atoms with Crippen molar-refractivity contribution >= 4 is 16.7 Å². The monoisotopic (exact) mass is 358 g/mol. The van der Waals surface area contributed by atoms with Crippen LogP contribution in [-0.2, 0) is 0 Å². The van der Waals surface area contributed by atoms with Crippen LogP contribution in [0.2, 0.25) is 0 Å². The van der Waals surface area contributed by atoms with Gasteiger partial charge in [0.15, 0.2) is 0 Å². The fraction of sp³-hybridized carbons (Fsp3) is 0.200. The van der Waals surface area contributed by atoms with Gasteiger partial charge in [-0.25, -0.2) is 4.98 Å². The molecule has 7 nitrogen and oxygen atoms in total.